The predicted octanol–water partition coefficient (Wildman–Crippen LogP) is 4.50. The Balaban J connectivity index is 1.52. The Morgan fingerprint density at radius 3 is 2.39 bits per heavy atom. The van der Waals surface area contributed by atoms with Crippen molar-refractivity contribution in [1.82, 2.24) is 14.4 Å². The fraction of sp³-hybridized carbons (Fsp3) is 0.538. The van der Waals surface area contributed by atoms with Gasteiger partial charge in [-0.15, -0.1) is 0 Å². The fourth-order valence-electron chi connectivity index (χ4n) is 5.27. The molecule has 0 radical (unpaired) electrons. The van der Waals surface area contributed by atoms with Crippen molar-refractivity contribution in [3.8, 4) is 11.5 Å². The van der Waals surface area contributed by atoms with E-state index in [4.69, 9.17) is 9.47 Å². The standard InChI is InChI=1S/C26H32F3N3O4/c1-4-5-16-36-21-17-18(6-8-20(21)35-3)24(34)31-12-10-25(11-13-31)22-9-7-19(23(33)26(27,28)29)32(22)15-14-30(25)2/h6-9,17H,4-5,10-16H2,1-3H3. The third-order valence-corrected chi connectivity index (χ3v) is 7.38. The van der Waals surface area contributed by atoms with Crippen LogP contribution in [0.2, 0.25) is 0 Å². The molecule has 0 atom stereocenters. The Bertz CT molecular complexity index is 1120. The molecule has 0 saturated carbocycles. The molecule has 1 amide bonds. The van der Waals surface area contributed by atoms with Crippen LogP contribution in [-0.2, 0) is 12.1 Å². The summed E-state index contributed by atoms with van der Waals surface area (Å²) in [4.78, 5) is 29.2. The molecule has 10 heteroatoms. The number of ether oxygens (including phenoxy) is 2. The highest BCUT2D eigenvalue weighted by Crippen LogP contribution is 2.42. The number of aromatic nitrogens is 1. The SMILES string of the molecule is CCCCOc1cc(C(=O)N2CCC3(CC2)c2ccc(C(=O)C(F)(F)F)n2CCN3C)ccc1OC. The first kappa shape index (κ1) is 26.1. The number of fused-ring (bicyclic) bond motifs is 2. The summed E-state index contributed by atoms with van der Waals surface area (Å²) in [6.07, 6.45) is -1.94. The summed E-state index contributed by atoms with van der Waals surface area (Å²) in [5.74, 6) is -0.863. The second-order valence-corrected chi connectivity index (χ2v) is 9.40. The highest BCUT2D eigenvalue weighted by molar-refractivity contribution is 5.99. The molecule has 4 rings (SSSR count). The van der Waals surface area contributed by atoms with Crippen molar-refractivity contribution in [2.75, 3.05) is 40.4 Å². The molecule has 36 heavy (non-hydrogen) atoms. The van der Waals surface area contributed by atoms with Crippen LogP contribution in [0.4, 0.5) is 13.2 Å². The second kappa shape index (κ2) is 10.2. The maximum absolute atomic E-state index is 13.3. The highest BCUT2D eigenvalue weighted by atomic mass is 19.4. The Morgan fingerprint density at radius 1 is 1.03 bits per heavy atom. The van der Waals surface area contributed by atoms with E-state index >= 15 is 0 Å². The molecular formula is C26H32F3N3O4. The van der Waals surface area contributed by atoms with Crippen molar-refractivity contribution < 1.29 is 32.2 Å². The van der Waals surface area contributed by atoms with Gasteiger partial charge in [0.15, 0.2) is 11.5 Å². The van der Waals surface area contributed by atoms with Gasteiger partial charge < -0.3 is 18.9 Å². The normalized spacial score (nSPS) is 17.7. The van der Waals surface area contributed by atoms with Crippen LogP contribution in [0.1, 0.15) is 59.1 Å². The molecule has 0 bridgehead atoms. The summed E-state index contributed by atoms with van der Waals surface area (Å²) in [5, 5.41) is 0. The van der Waals surface area contributed by atoms with E-state index in [1.165, 1.54) is 10.6 Å². The molecule has 3 heterocycles. The lowest BCUT2D eigenvalue weighted by Crippen LogP contribution is -2.56. The van der Waals surface area contributed by atoms with Crippen LogP contribution in [0.15, 0.2) is 30.3 Å². The number of carbonyl (C=O) groups excluding carboxylic acids is 2. The lowest BCUT2D eigenvalue weighted by molar-refractivity contribution is -0.0892. The van der Waals surface area contributed by atoms with E-state index in [-0.39, 0.29) is 11.6 Å². The molecule has 1 aromatic heterocycles. The number of methoxy groups -OCH3 is 1. The Morgan fingerprint density at radius 2 is 1.75 bits per heavy atom. The first-order chi connectivity index (χ1) is 17.1. The number of Topliss-reactive ketones (excluding diaryl/α,β-unsaturated/α-hetero) is 1. The number of alkyl halides is 3. The monoisotopic (exact) mass is 507 g/mol. The predicted molar refractivity (Wildman–Crippen MR) is 128 cm³/mol. The Kier molecular flexibility index (Phi) is 7.36. The minimum absolute atomic E-state index is 0.130. The molecule has 2 aliphatic heterocycles. The second-order valence-electron chi connectivity index (χ2n) is 9.40. The number of carbonyl (C=O) groups is 2. The van der Waals surface area contributed by atoms with Gasteiger partial charge in [0, 0.05) is 37.4 Å². The number of benzene rings is 1. The van der Waals surface area contributed by atoms with Gasteiger partial charge in [-0.25, -0.2) is 0 Å². The molecule has 0 aliphatic carbocycles. The number of ketones is 1. The number of nitrogens with zero attached hydrogens (tertiary/aromatic N) is 3. The van der Waals surface area contributed by atoms with E-state index in [9.17, 15) is 22.8 Å². The van der Waals surface area contributed by atoms with Gasteiger partial charge >= 0.3 is 6.18 Å². The summed E-state index contributed by atoms with van der Waals surface area (Å²) in [6.45, 7) is 4.31. The number of piperidine rings is 1. The summed E-state index contributed by atoms with van der Waals surface area (Å²) < 4.78 is 52.1. The number of likely N-dealkylation sites (N-methyl/N-ethyl adjacent to an activating group) is 1. The fourth-order valence-corrected chi connectivity index (χ4v) is 5.27. The van der Waals surface area contributed by atoms with Gasteiger partial charge in [0.1, 0.15) is 0 Å². The lowest BCUT2D eigenvalue weighted by Gasteiger charge is -2.50. The molecule has 0 unspecified atom stereocenters. The molecule has 0 N–H and O–H groups in total. The number of hydrogen-bond acceptors (Lipinski definition) is 5. The third kappa shape index (κ3) is 4.70. The van der Waals surface area contributed by atoms with Gasteiger partial charge in [-0.3, -0.25) is 14.5 Å². The number of unbranched alkanes of at least 4 members (excludes halogenated alkanes) is 1. The van der Waals surface area contributed by atoms with E-state index in [2.05, 4.69) is 11.8 Å². The smallest absolute Gasteiger partial charge is 0.456 e. The van der Waals surface area contributed by atoms with E-state index in [1.807, 2.05) is 7.05 Å². The zero-order valence-corrected chi connectivity index (χ0v) is 20.9. The Labute approximate surface area is 208 Å². The number of halogens is 3. The topological polar surface area (TPSA) is 64.0 Å². The highest BCUT2D eigenvalue weighted by Gasteiger charge is 2.47. The lowest BCUT2D eigenvalue weighted by atomic mass is 9.81. The molecule has 2 aliphatic rings. The van der Waals surface area contributed by atoms with Crippen molar-refractivity contribution in [2.24, 2.45) is 0 Å². The first-order valence-corrected chi connectivity index (χ1v) is 12.2. The van der Waals surface area contributed by atoms with E-state index < -0.39 is 17.5 Å². The molecular weight excluding hydrogens is 475 g/mol. The quantitative estimate of drug-likeness (QED) is 0.408. The molecule has 196 valence electrons. The van der Waals surface area contributed by atoms with Crippen LogP contribution in [0.5, 0.6) is 11.5 Å². The van der Waals surface area contributed by atoms with Crippen LogP contribution >= 0.6 is 0 Å². The Hall–Kier alpha value is -3.01. The van der Waals surface area contributed by atoms with E-state index in [0.29, 0.717) is 68.4 Å². The summed E-state index contributed by atoms with van der Waals surface area (Å²) in [7, 11) is 3.50. The van der Waals surface area contributed by atoms with Crippen LogP contribution in [0, 0.1) is 0 Å². The molecule has 1 fully saturated rings. The van der Waals surface area contributed by atoms with E-state index in [0.717, 1.165) is 12.8 Å². The van der Waals surface area contributed by atoms with Crippen molar-refractivity contribution in [3.63, 3.8) is 0 Å². The van der Waals surface area contributed by atoms with Crippen LogP contribution in [0.3, 0.4) is 0 Å². The van der Waals surface area contributed by atoms with Crippen LogP contribution < -0.4 is 9.47 Å². The number of amides is 1. The first-order valence-electron chi connectivity index (χ1n) is 12.2. The van der Waals surface area contributed by atoms with Crippen LogP contribution in [-0.4, -0.2) is 72.6 Å². The van der Waals surface area contributed by atoms with Gasteiger partial charge in [-0.1, -0.05) is 13.3 Å². The largest absolute Gasteiger partial charge is 0.493 e. The summed E-state index contributed by atoms with van der Waals surface area (Å²) >= 11 is 0. The summed E-state index contributed by atoms with van der Waals surface area (Å²) in [6, 6.07) is 8.05. The zero-order valence-electron chi connectivity index (χ0n) is 20.9. The van der Waals surface area contributed by atoms with E-state index in [1.54, 1.807) is 36.3 Å². The van der Waals surface area contributed by atoms with Gasteiger partial charge in [-0.2, -0.15) is 13.2 Å². The summed E-state index contributed by atoms with van der Waals surface area (Å²) in [5.41, 5.74) is 0.342. The number of likely N-dealkylation sites (tertiary alicyclic amines) is 1. The van der Waals surface area contributed by atoms with Gasteiger partial charge in [0.25, 0.3) is 11.7 Å². The minimum Gasteiger partial charge on any atom is -0.493 e. The maximum Gasteiger partial charge on any atom is 0.456 e. The molecule has 1 aromatic carbocycles. The zero-order chi connectivity index (χ0) is 26.1. The number of hydrogen-bond donors (Lipinski definition) is 0. The van der Waals surface area contributed by atoms with Crippen molar-refractivity contribution in [3.05, 3.63) is 47.3 Å². The van der Waals surface area contributed by atoms with Gasteiger partial charge in [-0.05, 0) is 56.6 Å². The van der Waals surface area contributed by atoms with Crippen molar-refractivity contribution in [1.29, 1.82) is 0 Å². The molecule has 1 spiro atoms. The third-order valence-electron chi connectivity index (χ3n) is 7.38. The average molecular weight is 508 g/mol. The molecule has 7 nitrogen and oxygen atoms in total. The number of rotatable bonds is 7. The van der Waals surface area contributed by atoms with Crippen molar-refractivity contribution >= 4 is 11.7 Å². The molecule has 2 aromatic rings. The van der Waals surface area contributed by atoms with Gasteiger partial charge in [0.2, 0.25) is 0 Å². The van der Waals surface area contributed by atoms with Crippen molar-refractivity contribution in [2.45, 2.75) is 50.9 Å². The average Bonchev–Trinajstić information content (AvgIpc) is 3.30. The van der Waals surface area contributed by atoms with Crippen LogP contribution in [0.25, 0.3) is 0 Å². The molecule has 1 saturated heterocycles. The maximum atomic E-state index is 13.3. The minimum atomic E-state index is -4.92. The van der Waals surface area contributed by atoms with Gasteiger partial charge in [0.05, 0.1) is 24.9 Å².